The molecule has 0 bridgehead atoms. The fraction of sp³-hybridized carbons (Fsp3) is 0.333. The third kappa shape index (κ3) is 6.53. The number of nitrogens with zero attached hydrogens (tertiary/aromatic N) is 1. The van der Waals surface area contributed by atoms with Crippen molar-refractivity contribution in [3.8, 4) is 11.5 Å². The highest BCUT2D eigenvalue weighted by molar-refractivity contribution is 6.32. The molecule has 2 rings (SSSR count). The van der Waals surface area contributed by atoms with E-state index < -0.39 is 0 Å². The van der Waals surface area contributed by atoms with Crippen LogP contribution in [0.5, 0.6) is 11.5 Å². The fourth-order valence-corrected chi connectivity index (χ4v) is 2.59. The Bertz CT molecular complexity index is 825. The minimum atomic E-state index is -0.343. The van der Waals surface area contributed by atoms with Gasteiger partial charge in [-0.2, -0.15) is 5.10 Å². The van der Waals surface area contributed by atoms with E-state index in [1.165, 1.54) is 18.3 Å². The van der Waals surface area contributed by atoms with Crippen LogP contribution in [0.25, 0.3) is 0 Å². The summed E-state index contributed by atoms with van der Waals surface area (Å²) in [5.41, 5.74) is 3.80. The van der Waals surface area contributed by atoms with E-state index in [9.17, 15) is 9.18 Å². The summed E-state index contributed by atoms with van der Waals surface area (Å²) in [5, 5.41) is 4.36. The molecule has 0 aliphatic heterocycles. The summed E-state index contributed by atoms with van der Waals surface area (Å²) in [4.78, 5) is 11.9. The molecule has 5 nitrogen and oxygen atoms in total. The lowest BCUT2D eigenvalue weighted by Crippen LogP contribution is -2.19. The van der Waals surface area contributed by atoms with Crippen molar-refractivity contribution in [1.29, 1.82) is 0 Å². The van der Waals surface area contributed by atoms with Gasteiger partial charge in [0.2, 0.25) is 5.91 Å². The molecule has 0 unspecified atom stereocenters. The van der Waals surface area contributed by atoms with Crippen molar-refractivity contribution >= 4 is 23.7 Å². The molecule has 1 N–H and O–H groups in total. The molecular formula is C21H24ClFN2O3. The topological polar surface area (TPSA) is 59.9 Å². The zero-order chi connectivity index (χ0) is 20.5. The second-order valence-electron chi connectivity index (χ2n) is 6.20. The van der Waals surface area contributed by atoms with E-state index in [2.05, 4.69) is 10.5 Å². The average molecular weight is 407 g/mol. The third-order valence-corrected chi connectivity index (χ3v) is 4.19. The molecule has 0 aliphatic carbocycles. The van der Waals surface area contributed by atoms with E-state index in [4.69, 9.17) is 21.1 Å². The van der Waals surface area contributed by atoms with Crippen LogP contribution in [0.3, 0.4) is 0 Å². The summed E-state index contributed by atoms with van der Waals surface area (Å²) in [5.74, 6) is 0.366. The lowest BCUT2D eigenvalue weighted by Gasteiger charge is -2.18. The Labute approximate surface area is 169 Å². The molecule has 28 heavy (non-hydrogen) atoms. The number of carbonyl (C=O) groups is 1. The van der Waals surface area contributed by atoms with E-state index in [-0.39, 0.29) is 24.2 Å². The van der Waals surface area contributed by atoms with E-state index in [1.54, 1.807) is 24.3 Å². The minimum Gasteiger partial charge on any atom is -0.490 e. The molecule has 0 saturated heterocycles. The van der Waals surface area contributed by atoms with E-state index >= 15 is 0 Å². The highest BCUT2D eigenvalue weighted by Gasteiger charge is 2.14. The molecule has 1 amide bonds. The van der Waals surface area contributed by atoms with Gasteiger partial charge >= 0.3 is 0 Å². The zero-order valence-electron chi connectivity index (χ0n) is 16.2. The largest absolute Gasteiger partial charge is 0.490 e. The summed E-state index contributed by atoms with van der Waals surface area (Å²) in [6.07, 6.45) is 2.42. The Balaban J connectivity index is 2.05. The number of halogens is 2. The van der Waals surface area contributed by atoms with Crippen molar-refractivity contribution in [2.75, 3.05) is 6.61 Å². The van der Waals surface area contributed by atoms with Crippen molar-refractivity contribution in [3.63, 3.8) is 0 Å². The smallest absolute Gasteiger partial charge is 0.244 e. The highest BCUT2D eigenvalue weighted by atomic mass is 35.5. The first kappa shape index (κ1) is 21.7. The summed E-state index contributed by atoms with van der Waals surface area (Å²) in [6, 6.07) is 9.18. The maximum absolute atomic E-state index is 12.9. The van der Waals surface area contributed by atoms with Crippen LogP contribution in [0.2, 0.25) is 5.02 Å². The molecule has 0 aromatic heterocycles. The van der Waals surface area contributed by atoms with Crippen LogP contribution in [0.1, 0.15) is 38.3 Å². The number of ether oxygens (including phenoxy) is 2. The standard InChI is InChI=1S/C21H24ClFN2O3/c1-4-14(3)28-21-18(22)10-16(11-19(21)27-5-2)13-24-25-20(26)12-15-6-8-17(23)9-7-15/h6-11,13-14H,4-5,12H2,1-3H3,(H,25,26)/b24-13+/t14-/m0/s1. The molecule has 0 aliphatic rings. The van der Waals surface area contributed by atoms with Crippen molar-refractivity contribution in [3.05, 3.63) is 58.4 Å². The Hall–Kier alpha value is -2.60. The zero-order valence-corrected chi connectivity index (χ0v) is 16.9. The lowest BCUT2D eigenvalue weighted by atomic mass is 10.1. The normalized spacial score (nSPS) is 12.0. The van der Waals surface area contributed by atoms with Crippen LogP contribution in [-0.2, 0) is 11.2 Å². The summed E-state index contributed by atoms with van der Waals surface area (Å²) in [7, 11) is 0. The van der Waals surface area contributed by atoms with Crippen molar-refractivity contribution in [1.82, 2.24) is 5.43 Å². The number of benzene rings is 2. The maximum atomic E-state index is 12.9. The molecule has 7 heteroatoms. The van der Waals surface area contributed by atoms with Gasteiger partial charge < -0.3 is 9.47 Å². The molecule has 0 fully saturated rings. The number of amides is 1. The maximum Gasteiger partial charge on any atom is 0.244 e. The van der Waals surface area contributed by atoms with Crippen LogP contribution in [0.15, 0.2) is 41.5 Å². The molecule has 150 valence electrons. The predicted octanol–water partition coefficient (Wildman–Crippen LogP) is 4.75. The first-order chi connectivity index (χ1) is 13.4. The van der Waals surface area contributed by atoms with Gasteiger partial charge in [0.05, 0.1) is 30.4 Å². The Morgan fingerprint density at radius 1 is 1.29 bits per heavy atom. The van der Waals surface area contributed by atoms with Gasteiger partial charge in [0.1, 0.15) is 5.82 Å². The molecule has 0 saturated carbocycles. The summed E-state index contributed by atoms with van der Waals surface area (Å²) >= 11 is 6.35. The fourth-order valence-electron chi connectivity index (χ4n) is 2.33. The Morgan fingerprint density at radius 3 is 2.64 bits per heavy atom. The van der Waals surface area contributed by atoms with Gasteiger partial charge in [-0.25, -0.2) is 9.82 Å². The van der Waals surface area contributed by atoms with Crippen LogP contribution in [0.4, 0.5) is 4.39 Å². The van der Waals surface area contributed by atoms with Gasteiger partial charge in [-0.15, -0.1) is 0 Å². The molecule has 0 heterocycles. The third-order valence-electron chi connectivity index (χ3n) is 3.91. The van der Waals surface area contributed by atoms with Crippen LogP contribution < -0.4 is 14.9 Å². The number of hydrogen-bond acceptors (Lipinski definition) is 4. The number of hydrazone groups is 1. The Morgan fingerprint density at radius 2 is 2.00 bits per heavy atom. The monoisotopic (exact) mass is 406 g/mol. The number of rotatable bonds is 9. The average Bonchev–Trinajstić information content (AvgIpc) is 2.66. The number of nitrogens with one attached hydrogen (secondary N) is 1. The molecule has 1 atom stereocenters. The van der Waals surface area contributed by atoms with E-state index in [0.29, 0.717) is 34.3 Å². The molecule has 2 aromatic carbocycles. The quantitative estimate of drug-likeness (QED) is 0.483. The van der Waals surface area contributed by atoms with E-state index in [0.717, 1.165) is 6.42 Å². The lowest BCUT2D eigenvalue weighted by molar-refractivity contribution is -0.120. The van der Waals surface area contributed by atoms with Gasteiger partial charge in [-0.1, -0.05) is 30.7 Å². The van der Waals surface area contributed by atoms with Crippen LogP contribution >= 0.6 is 11.6 Å². The van der Waals surface area contributed by atoms with Crippen molar-refractivity contribution in [2.24, 2.45) is 5.10 Å². The van der Waals surface area contributed by atoms with Gasteiger partial charge in [0, 0.05) is 0 Å². The Kier molecular flexibility index (Phi) is 8.26. The summed E-state index contributed by atoms with van der Waals surface area (Å²) < 4.78 is 24.4. The number of hydrogen-bond donors (Lipinski definition) is 1. The van der Waals surface area contributed by atoms with Gasteiger partial charge in [-0.05, 0) is 55.7 Å². The minimum absolute atomic E-state index is 0.00183. The molecule has 0 spiro atoms. The summed E-state index contributed by atoms with van der Waals surface area (Å²) in [6.45, 7) is 6.31. The first-order valence-corrected chi connectivity index (χ1v) is 9.50. The van der Waals surface area contributed by atoms with Gasteiger partial charge in [0.15, 0.2) is 11.5 Å². The highest BCUT2D eigenvalue weighted by Crippen LogP contribution is 2.37. The second kappa shape index (κ2) is 10.7. The van der Waals surface area contributed by atoms with Crippen LogP contribution in [-0.4, -0.2) is 24.8 Å². The van der Waals surface area contributed by atoms with Crippen LogP contribution in [0, 0.1) is 5.82 Å². The van der Waals surface area contributed by atoms with Gasteiger partial charge in [-0.3, -0.25) is 4.79 Å². The molecular weight excluding hydrogens is 383 g/mol. The van der Waals surface area contributed by atoms with Crippen molar-refractivity contribution in [2.45, 2.75) is 39.7 Å². The second-order valence-corrected chi connectivity index (χ2v) is 6.60. The first-order valence-electron chi connectivity index (χ1n) is 9.12. The van der Waals surface area contributed by atoms with Gasteiger partial charge in [0.25, 0.3) is 0 Å². The van der Waals surface area contributed by atoms with E-state index in [1.807, 2.05) is 20.8 Å². The SMILES string of the molecule is CCOc1cc(/C=N/NC(=O)Cc2ccc(F)cc2)cc(Cl)c1O[C@@H](C)CC. The predicted molar refractivity (Wildman–Crippen MR) is 109 cm³/mol. The van der Waals surface area contributed by atoms with Crippen molar-refractivity contribution < 1.29 is 18.7 Å². The molecule has 0 radical (unpaired) electrons. The number of carbonyl (C=O) groups excluding carboxylic acids is 1. The molecule has 2 aromatic rings.